The number of benzene rings is 1. The maximum absolute atomic E-state index is 10.8. The van der Waals surface area contributed by atoms with Gasteiger partial charge >= 0.3 is 5.97 Å². The molecule has 1 atom stereocenters. The average Bonchev–Trinajstić information content (AvgIpc) is 2.35. The molecule has 1 aromatic carbocycles. The summed E-state index contributed by atoms with van der Waals surface area (Å²) in [4.78, 5) is 30.4. The Hall–Kier alpha value is -2.71. The number of nitro groups is 2. The van der Waals surface area contributed by atoms with E-state index in [0.29, 0.717) is 0 Å². The van der Waals surface area contributed by atoms with Crippen LogP contribution in [-0.2, 0) is 4.79 Å². The van der Waals surface area contributed by atoms with Gasteiger partial charge in [0.15, 0.2) is 0 Å². The number of non-ortho nitro benzene ring substituents is 1. The number of nitro benzene ring substituents is 2. The van der Waals surface area contributed by atoms with Crippen LogP contribution in [0.4, 0.5) is 17.1 Å². The van der Waals surface area contributed by atoms with Gasteiger partial charge in [0.1, 0.15) is 5.69 Å². The molecular formula is C10H11N3O6. The summed E-state index contributed by atoms with van der Waals surface area (Å²) >= 11 is 0. The molecule has 1 aromatic rings. The van der Waals surface area contributed by atoms with E-state index in [9.17, 15) is 25.0 Å². The van der Waals surface area contributed by atoms with E-state index in [1.807, 2.05) is 0 Å². The van der Waals surface area contributed by atoms with Crippen molar-refractivity contribution in [2.75, 3.05) is 11.9 Å². The summed E-state index contributed by atoms with van der Waals surface area (Å²) in [6, 6.07) is 3.12. The first kappa shape index (κ1) is 14.4. The second-order valence-electron chi connectivity index (χ2n) is 3.84. The van der Waals surface area contributed by atoms with Crippen LogP contribution < -0.4 is 5.32 Å². The van der Waals surface area contributed by atoms with Crippen molar-refractivity contribution >= 4 is 23.0 Å². The Labute approximate surface area is 107 Å². The minimum absolute atomic E-state index is 0.0199. The van der Waals surface area contributed by atoms with Gasteiger partial charge in [-0.05, 0) is 6.07 Å². The third-order valence-corrected chi connectivity index (χ3v) is 2.41. The highest BCUT2D eigenvalue weighted by Gasteiger charge is 2.20. The first-order valence-corrected chi connectivity index (χ1v) is 5.22. The van der Waals surface area contributed by atoms with Crippen LogP contribution in [0.15, 0.2) is 18.2 Å². The molecule has 0 bridgehead atoms. The van der Waals surface area contributed by atoms with Crippen molar-refractivity contribution in [3.05, 3.63) is 38.4 Å². The highest BCUT2D eigenvalue weighted by Crippen LogP contribution is 2.28. The van der Waals surface area contributed by atoms with Gasteiger partial charge in [0.05, 0.1) is 21.8 Å². The van der Waals surface area contributed by atoms with E-state index in [1.165, 1.54) is 13.0 Å². The highest BCUT2D eigenvalue weighted by atomic mass is 16.6. The van der Waals surface area contributed by atoms with Crippen LogP contribution in [0.3, 0.4) is 0 Å². The SMILES string of the molecule is CC(CNc1ccc([N+](=O)[O-])cc1[N+](=O)[O-])C(=O)O. The fourth-order valence-corrected chi connectivity index (χ4v) is 1.28. The summed E-state index contributed by atoms with van der Waals surface area (Å²) in [5, 5.41) is 32.6. The van der Waals surface area contributed by atoms with Crippen LogP contribution in [-0.4, -0.2) is 27.5 Å². The lowest BCUT2D eigenvalue weighted by molar-refractivity contribution is -0.393. The molecule has 0 aliphatic heterocycles. The van der Waals surface area contributed by atoms with Crippen LogP contribution in [0.2, 0.25) is 0 Å². The Morgan fingerprint density at radius 3 is 2.47 bits per heavy atom. The normalized spacial score (nSPS) is 11.6. The Kier molecular flexibility index (Phi) is 4.35. The molecule has 0 saturated heterocycles. The van der Waals surface area contributed by atoms with Crippen molar-refractivity contribution < 1.29 is 19.7 Å². The van der Waals surface area contributed by atoms with Crippen LogP contribution in [0.5, 0.6) is 0 Å². The number of nitrogens with zero attached hydrogens (tertiary/aromatic N) is 2. The predicted molar refractivity (Wildman–Crippen MR) is 65.0 cm³/mol. The zero-order valence-corrected chi connectivity index (χ0v) is 9.90. The van der Waals surface area contributed by atoms with Gasteiger partial charge in [-0.3, -0.25) is 25.0 Å². The fraction of sp³-hybridized carbons (Fsp3) is 0.300. The molecule has 19 heavy (non-hydrogen) atoms. The van der Waals surface area contributed by atoms with E-state index in [4.69, 9.17) is 5.11 Å². The van der Waals surface area contributed by atoms with Crippen molar-refractivity contribution in [1.82, 2.24) is 0 Å². The van der Waals surface area contributed by atoms with E-state index < -0.39 is 33.1 Å². The van der Waals surface area contributed by atoms with E-state index in [0.717, 1.165) is 12.1 Å². The molecule has 0 saturated carbocycles. The summed E-state index contributed by atoms with van der Waals surface area (Å²) in [5.74, 6) is -1.79. The van der Waals surface area contributed by atoms with E-state index in [-0.39, 0.29) is 12.2 Å². The highest BCUT2D eigenvalue weighted by molar-refractivity contribution is 5.71. The Balaban J connectivity index is 2.97. The van der Waals surface area contributed by atoms with Gasteiger partial charge in [0.25, 0.3) is 11.4 Å². The van der Waals surface area contributed by atoms with Gasteiger partial charge in [-0.1, -0.05) is 6.92 Å². The minimum atomic E-state index is -1.04. The molecule has 1 rings (SSSR count). The van der Waals surface area contributed by atoms with Gasteiger partial charge in [-0.25, -0.2) is 0 Å². The number of rotatable bonds is 6. The maximum atomic E-state index is 10.8. The Morgan fingerprint density at radius 2 is 2.00 bits per heavy atom. The number of hydrogen-bond acceptors (Lipinski definition) is 6. The third kappa shape index (κ3) is 3.63. The first-order chi connectivity index (χ1) is 8.82. The Bertz CT molecular complexity index is 530. The molecule has 0 aromatic heterocycles. The zero-order valence-electron chi connectivity index (χ0n) is 9.90. The standard InChI is InChI=1S/C10H11N3O6/c1-6(10(14)15)5-11-8-3-2-7(12(16)17)4-9(8)13(18)19/h2-4,6,11H,5H2,1H3,(H,14,15). The quantitative estimate of drug-likeness (QED) is 0.591. The fourth-order valence-electron chi connectivity index (χ4n) is 1.28. The van der Waals surface area contributed by atoms with E-state index in [1.54, 1.807) is 0 Å². The van der Waals surface area contributed by atoms with Crippen molar-refractivity contribution in [2.45, 2.75) is 6.92 Å². The Morgan fingerprint density at radius 1 is 1.37 bits per heavy atom. The number of anilines is 1. The molecule has 0 fully saturated rings. The van der Waals surface area contributed by atoms with Crippen molar-refractivity contribution in [1.29, 1.82) is 0 Å². The third-order valence-electron chi connectivity index (χ3n) is 2.41. The minimum Gasteiger partial charge on any atom is -0.481 e. The molecule has 0 aliphatic carbocycles. The smallest absolute Gasteiger partial charge is 0.308 e. The molecule has 0 heterocycles. The summed E-state index contributed by atoms with van der Waals surface area (Å²) in [6.07, 6.45) is 0. The maximum Gasteiger partial charge on any atom is 0.308 e. The number of carboxylic acids is 1. The average molecular weight is 269 g/mol. The lowest BCUT2D eigenvalue weighted by Gasteiger charge is -2.09. The van der Waals surface area contributed by atoms with Gasteiger partial charge < -0.3 is 10.4 Å². The van der Waals surface area contributed by atoms with Gasteiger partial charge in [0.2, 0.25) is 0 Å². The summed E-state index contributed by atoms with van der Waals surface area (Å²) in [7, 11) is 0. The van der Waals surface area contributed by atoms with Crippen LogP contribution in [0, 0.1) is 26.1 Å². The summed E-state index contributed by atoms with van der Waals surface area (Å²) < 4.78 is 0. The number of hydrogen-bond donors (Lipinski definition) is 2. The monoisotopic (exact) mass is 269 g/mol. The van der Waals surface area contributed by atoms with Crippen molar-refractivity contribution in [3.63, 3.8) is 0 Å². The number of nitrogens with one attached hydrogen (secondary N) is 1. The van der Waals surface area contributed by atoms with Gasteiger partial charge in [-0.2, -0.15) is 0 Å². The molecule has 0 spiro atoms. The second-order valence-corrected chi connectivity index (χ2v) is 3.84. The first-order valence-electron chi connectivity index (χ1n) is 5.22. The van der Waals surface area contributed by atoms with Gasteiger partial charge in [0, 0.05) is 12.6 Å². The van der Waals surface area contributed by atoms with E-state index >= 15 is 0 Å². The molecule has 0 amide bonds. The molecule has 0 radical (unpaired) electrons. The van der Waals surface area contributed by atoms with Crippen LogP contribution >= 0.6 is 0 Å². The topological polar surface area (TPSA) is 136 Å². The molecule has 0 aliphatic rings. The predicted octanol–water partition coefficient (Wildman–Crippen LogP) is 1.64. The molecule has 1 unspecified atom stereocenters. The molecule has 2 N–H and O–H groups in total. The number of aliphatic carboxylic acids is 1. The lowest BCUT2D eigenvalue weighted by Crippen LogP contribution is -2.20. The summed E-state index contributed by atoms with van der Waals surface area (Å²) in [5.41, 5.74) is -0.820. The number of carbonyl (C=O) groups is 1. The van der Waals surface area contributed by atoms with Crippen molar-refractivity contribution in [2.24, 2.45) is 5.92 Å². The van der Waals surface area contributed by atoms with E-state index in [2.05, 4.69) is 5.32 Å². The number of carboxylic acid groups (broad SMARTS) is 1. The lowest BCUT2D eigenvalue weighted by atomic mass is 10.1. The molecule has 102 valence electrons. The van der Waals surface area contributed by atoms with Crippen LogP contribution in [0.25, 0.3) is 0 Å². The van der Waals surface area contributed by atoms with Gasteiger partial charge in [-0.15, -0.1) is 0 Å². The molecular weight excluding hydrogens is 258 g/mol. The summed E-state index contributed by atoms with van der Waals surface area (Å²) in [6.45, 7) is 1.42. The largest absolute Gasteiger partial charge is 0.481 e. The van der Waals surface area contributed by atoms with Crippen molar-refractivity contribution in [3.8, 4) is 0 Å². The second kappa shape index (κ2) is 5.76. The van der Waals surface area contributed by atoms with Crippen LogP contribution in [0.1, 0.15) is 6.92 Å². The molecule has 9 heteroatoms. The zero-order chi connectivity index (χ0) is 14.6. The molecule has 9 nitrogen and oxygen atoms in total.